The van der Waals surface area contributed by atoms with E-state index >= 15 is 0 Å². The summed E-state index contributed by atoms with van der Waals surface area (Å²) >= 11 is 0. The molecule has 1 N–H and O–H groups in total. The van der Waals surface area contributed by atoms with E-state index in [0.717, 1.165) is 0 Å². The second kappa shape index (κ2) is 6.45. The van der Waals surface area contributed by atoms with Crippen LogP contribution in [-0.4, -0.2) is 37.6 Å². The molecule has 0 heterocycles. The summed E-state index contributed by atoms with van der Waals surface area (Å²) in [6, 6.07) is 0. The average molecular weight is 301 g/mol. The van der Waals surface area contributed by atoms with E-state index in [2.05, 4.69) is 10.1 Å². The molecule has 0 saturated carbocycles. The Morgan fingerprint density at radius 1 is 0.857 bits per heavy atom. The summed E-state index contributed by atoms with van der Waals surface area (Å²) in [7, 11) is 2.59. The normalized spacial score (nSPS) is 12.6. The van der Waals surface area contributed by atoms with Crippen LogP contribution in [0.25, 0.3) is 0 Å². The third-order valence-electron chi connectivity index (χ3n) is 4.05. The summed E-state index contributed by atoms with van der Waals surface area (Å²) in [5.41, 5.74) is -2.67. The van der Waals surface area contributed by atoms with Crippen molar-refractivity contribution in [1.29, 1.82) is 0 Å². The lowest BCUT2D eigenvalue weighted by atomic mass is 9.74. The molecule has 0 atom stereocenters. The van der Waals surface area contributed by atoms with Crippen molar-refractivity contribution in [2.24, 2.45) is 10.8 Å². The number of carbonyl (C=O) groups excluding carboxylic acids is 3. The number of carbonyl (C=O) groups is 3. The van der Waals surface area contributed by atoms with Crippen LogP contribution in [0, 0.1) is 10.8 Å². The molecule has 0 aliphatic carbocycles. The molecule has 0 aromatic heterocycles. The molecule has 0 spiro atoms. The fourth-order valence-electron chi connectivity index (χ4n) is 1.81. The molecule has 0 aromatic rings. The van der Waals surface area contributed by atoms with Gasteiger partial charge in [-0.15, -0.1) is 0 Å². The molecule has 6 nitrogen and oxygen atoms in total. The van der Waals surface area contributed by atoms with Gasteiger partial charge in [-0.3, -0.25) is 14.4 Å². The summed E-state index contributed by atoms with van der Waals surface area (Å²) in [5.74, 6) is -1.20. The van der Waals surface area contributed by atoms with Crippen LogP contribution in [0.5, 0.6) is 0 Å². The van der Waals surface area contributed by atoms with E-state index in [1.54, 1.807) is 41.5 Å². The highest BCUT2D eigenvalue weighted by atomic mass is 16.5. The Bertz CT molecular complexity index is 424. The van der Waals surface area contributed by atoms with Gasteiger partial charge in [-0.2, -0.15) is 0 Å². The maximum atomic E-state index is 12.2. The molecule has 0 aliphatic rings. The molecule has 0 radical (unpaired) electrons. The van der Waals surface area contributed by atoms with Gasteiger partial charge in [-0.1, -0.05) is 0 Å². The van der Waals surface area contributed by atoms with E-state index in [4.69, 9.17) is 4.74 Å². The maximum Gasteiger partial charge on any atom is 0.313 e. The fourth-order valence-corrected chi connectivity index (χ4v) is 1.81. The lowest BCUT2D eigenvalue weighted by molar-refractivity contribution is -0.157. The fraction of sp³-hybridized carbons (Fsp3) is 0.800. The summed E-state index contributed by atoms with van der Waals surface area (Å²) in [5, 5.41) is 2.80. The summed E-state index contributed by atoms with van der Waals surface area (Å²) in [6.07, 6.45) is -0.0274. The molecule has 0 fully saturated rings. The predicted molar refractivity (Wildman–Crippen MR) is 78.4 cm³/mol. The molecule has 0 aliphatic heterocycles. The molecule has 0 bridgehead atoms. The van der Waals surface area contributed by atoms with Crippen molar-refractivity contribution in [2.45, 2.75) is 53.5 Å². The van der Waals surface area contributed by atoms with E-state index in [-0.39, 0.29) is 12.3 Å². The molecule has 122 valence electrons. The largest absolute Gasteiger partial charge is 0.469 e. The number of methoxy groups -OCH3 is 2. The lowest BCUT2D eigenvalue weighted by Crippen LogP contribution is -2.57. The van der Waals surface area contributed by atoms with Crippen LogP contribution in [0.15, 0.2) is 0 Å². The average Bonchev–Trinajstić information content (AvgIpc) is 2.34. The standard InChI is InChI=1S/C15H27NO5/c1-13(2,11(18)20-7)9-10(17)16-15(5,6)14(3,4)12(19)21-8/h9H2,1-8H3,(H,16,17). The minimum Gasteiger partial charge on any atom is -0.469 e. The topological polar surface area (TPSA) is 81.7 Å². The highest BCUT2D eigenvalue weighted by molar-refractivity contribution is 5.86. The number of nitrogens with one attached hydrogen (secondary N) is 1. The number of esters is 2. The van der Waals surface area contributed by atoms with Crippen molar-refractivity contribution >= 4 is 17.8 Å². The van der Waals surface area contributed by atoms with Crippen molar-refractivity contribution in [3.05, 3.63) is 0 Å². The number of ether oxygens (including phenoxy) is 2. The predicted octanol–water partition coefficient (Wildman–Crippen LogP) is 1.67. The summed E-state index contributed by atoms with van der Waals surface area (Å²) < 4.78 is 9.45. The van der Waals surface area contributed by atoms with Gasteiger partial charge in [0.15, 0.2) is 0 Å². The third kappa shape index (κ3) is 4.44. The third-order valence-corrected chi connectivity index (χ3v) is 4.05. The zero-order valence-electron chi connectivity index (χ0n) is 14.2. The Morgan fingerprint density at radius 2 is 1.29 bits per heavy atom. The molecule has 6 heteroatoms. The second-order valence-electron chi connectivity index (χ2n) is 6.84. The first-order valence-corrected chi connectivity index (χ1v) is 6.79. The van der Waals surface area contributed by atoms with Crippen LogP contribution >= 0.6 is 0 Å². The van der Waals surface area contributed by atoms with Gasteiger partial charge in [0.2, 0.25) is 5.91 Å². The van der Waals surface area contributed by atoms with E-state index in [9.17, 15) is 14.4 Å². The van der Waals surface area contributed by atoms with Crippen molar-refractivity contribution < 1.29 is 23.9 Å². The quantitative estimate of drug-likeness (QED) is 0.755. The Hall–Kier alpha value is -1.59. The minimum absolute atomic E-state index is 0.0274. The van der Waals surface area contributed by atoms with Crippen LogP contribution in [0.2, 0.25) is 0 Å². The van der Waals surface area contributed by atoms with Gasteiger partial charge in [0.25, 0.3) is 0 Å². The first kappa shape index (κ1) is 19.4. The number of rotatable bonds is 6. The molecule has 1 amide bonds. The van der Waals surface area contributed by atoms with E-state index in [0.29, 0.717) is 0 Å². The molecule has 0 unspecified atom stereocenters. The molecular weight excluding hydrogens is 274 g/mol. The van der Waals surface area contributed by atoms with Gasteiger partial charge >= 0.3 is 11.9 Å². The molecular formula is C15H27NO5. The van der Waals surface area contributed by atoms with E-state index in [1.807, 2.05) is 0 Å². The van der Waals surface area contributed by atoms with Gasteiger partial charge < -0.3 is 14.8 Å². The van der Waals surface area contributed by atoms with Gasteiger partial charge in [0.05, 0.1) is 25.0 Å². The van der Waals surface area contributed by atoms with Crippen LogP contribution in [0.1, 0.15) is 48.0 Å². The van der Waals surface area contributed by atoms with Gasteiger partial charge in [0.1, 0.15) is 0 Å². The van der Waals surface area contributed by atoms with E-state index < -0.39 is 28.3 Å². The molecule has 0 saturated heterocycles. The van der Waals surface area contributed by atoms with Crippen LogP contribution in [0.4, 0.5) is 0 Å². The van der Waals surface area contributed by atoms with Crippen LogP contribution < -0.4 is 5.32 Å². The van der Waals surface area contributed by atoms with Crippen molar-refractivity contribution in [1.82, 2.24) is 5.32 Å². The molecule has 0 aromatic carbocycles. The van der Waals surface area contributed by atoms with Gasteiger partial charge in [0, 0.05) is 12.0 Å². The Kier molecular flexibility index (Phi) is 5.96. The Labute approximate surface area is 126 Å². The SMILES string of the molecule is COC(=O)C(C)(C)CC(=O)NC(C)(C)C(C)(C)C(=O)OC. The number of amides is 1. The Morgan fingerprint density at radius 3 is 1.67 bits per heavy atom. The summed E-state index contributed by atoms with van der Waals surface area (Å²) in [4.78, 5) is 35.6. The number of hydrogen-bond acceptors (Lipinski definition) is 5. The Balaban J connectivity index is 5.00. The van der Waals surface area contributed by atoms with Crippen LogP contribution in [0.3, 0.4) is 0 Å². The first-order valence-electron chi connectivity index (χ1n) is 6.79. The monoisotopic (exact) mass is 301 g/mol. The zero-order chi connectivity index (χ0) is 17.1. The van der Waals surface area contributed by atoms with Crippen LogP contribution in [-0.2, 0) is 23.9 Å². The first-order chi connectivity index (χ1) is 9.31. The summed E-state index contributed by atoms with van der Waals surface area (Å²) in [6.45, 7) is 10.2. The smallest absolute Gasteiger partial charge is 0.313 e. The van der Waals surface area contributed by atoms with E-state index in [1.165, 1.54) is 14.2 Å². The van der Waals surface area contributed by atoms with Crippen molar-refractivity contribution in [2.75, 3.05) is 14.2 Å². The highest BCUT2D eigenvalue weighted by Crippen LogP contribution is 2.32. The number of hydrogen-bond donors (Lipinski definition) is 1. The van der Waals surface area contributed by atoms with Gasteiger partial charge in [-0.25, -0.2) is 0 Å². The zero-order valence-corrected chi connectivity index (χ0v) is 14.2. The molecule has 21 heavy (non-hydrogen) atoms. The second-order valence-corrected chi connectivity index (χ2v) is 6.84. The maximum absolute atomic E-state index is 12.2. The highest BCUT2D eigenvalue weighted by Gasteiger charge is 2.46. The van der Waals surface area contributed by atoms with Crippen molar-refractivity contribution in [3.63, 3.8) is 0 Å². The lowest BCUT2D eigenvalue weighted by Gasteiger charge is -2.40. The van der Waals surface area contributed by atoms with Crippen molar-refractivity contribution in [3.8, 4) is 0 Å². The molecule has 0 rings (SSSR count). The van der Waals surface area contributed by atoms with Gasteiger partial charge in [-0.05, 0) is 41.5 Å². The minimum atomic E-state index is -0.926.